The molecule has 0 atom stereocenters. The van der Waals surface area contributed by atoms with Crippen LogP contribution in [-0.2, 0) is 0 Å². The first kappa shape index (κ1) is 20.9. The predicted molar refractivity (Wildman–Crippen MR) is 119 cm³/mol. The standard InChI is InChI=1S/C20H19ClN4O3S2/c1-10-6-12(13-7-15(21)17(8-16(13)27-2)29-11-4-5-11)14(9-22-10)18(26)23-19-24-25-20(28-3)30-19/h6-9,11H,4-5H2,1-3H3,(H,23,24,26). The molecular formula is C20H19ClN4O3S2. The fourth-order valence-electron chi connectivity index (χ4n) is 2.84. The number of benzene rings is 1. The molecule has 0 saturated heterocycles. The molecule has 2 heterocycles. The smallest absolute Gasteiger partial charge is 0.295 e. The first-order valence-corrected chi connectivity index (χ1v) is 11.3. The second-order valence-electron chi connectivity index (χ2n) is 6.70. The number of aryl methyl sites for hydroxylation is 1. The van der Waals surface area contributed by atoms with Crippen molar-refractivity contribution in [3.8, 4) is 22.1 Å². The Morgan fingerprint density at radius 3 is 2.67 bits per heavy atom. The monoisotopic (exact) mass is 462 g/mol. The van der Waals surface area contributed by atoms with Gasteiger partial charge in [0.15, 0.2) is 0 Å². The lowest BCUT2D eigenvalue weighted by Crippen LogP contribution is -2.14. The average molecular weight is 463 g/mol. The second kappa shape index (κ2) is 8.79. The number of rotatable bonds is 7. The fraction of sp³-hybridized carbons (Fsp3) is 0.300. The minimum atomic E-state index is -0.356. The van der Waals surface area contributed by atoms with Gasteiger partial charge < -0.3 is 9.47 Å². The Labute approximate surface area is 187 Å². The van der Waals surface area contributed by atoms with Crippen molar-refractivity contribution in [1.29, 1.82) is 0 Å². The average Bonchev–Trinajstić information content (AvgIpc) is 3.44. The Hall–Kier alpha value is -2.36. The summed E-state index contributed by atoms with van der Waals surface area (Å²) in [5, 5.41) is 12.4. The van der Waals surface area contributed by atoms with E-state index in [0.717, 1.165) is 27.5 Å². The largest absolute Gasteiger partial charge is 0.496 e. The van der Waals surface area contributed by atoms with Crippen molar-refractivity contribution < 1.29 is 14.3 Å². The van der Waals surface area contributed by atoms with Crippen LogP contribution in [0.15, 0.2) is 29.3 Å². The van der Waals surface area contributed by atoms with Crippen molar-refractivity contribution in [2.75, 3.05) is 19.5 Å². The summed E-state index contributed by atoms with van der Waals surface area (Å²) < 4.78 is 10.7. The van der Waals surface area contributed by atoms with Gasteiger partial charge in [0.05, 0.1) is 24.8 Å². The van der Waals surface area contributed by atoms with E-state index in [2.05, 4.69) is 20.5 Å². The fourth-order valence-corrected chi connectivity index (χ4v) is 4.77. The number of carbonyl (C=O) groups excluding carboxylic acids is 1. The summed E-state index contributed by atoms with van der Waals surface area (Å²) in [5.74, 6) is 0.297. The SMILES string of the molecule is COc1nnc(NC(=O)c2cnc(C)cc2-c2cc(Cl)c(SC3CC3)cc2OC)s1. The van der Waals surface area contributed by atoms with E-state index < -0.39 is 0 Å². The Bertz CT molecular complexity index is 1100. The van der Waals surface area contributed by atoms with E-state index in [1.165, 1.54) is 20.0 Å². The zero-order valence-electron chi connectivity index (χ0n) is 16.6. The van der Waals surface area contributed by atoms with Gasteiger partial charge in [-0.1, -0.05) is 16.7 Å². The van der Waals surface area contributed by atoms with Crippen LogP contribution in [0.5, 0.6) is 10.9 Å². The molecule has 1 saturated carbocycles. The minimum absolute atomic E-state index is 0.338. The summed E-state index contributed by atoms with van der Waals surface area (Å²) in [6.07, 6.45) is 3.95. The zero-order chi connectivity index (χ0) is 21.3. The number of pyridine rings is 1. The maximum atomic E-state index is 13.0. The van der Waals surface area contributed by atoms with Gasteiger partial charge in [0, 0.05) is 33.2 Å². The highest BCUT2D eigenvalue weighted by atomic mass is 35.5. The summed E-state index contributed by atoms with van der Waals surface area (Å²) >= 11 is 9.48. The molecule has 1 aromatic carbocycles. The molecule has 1 fully saturated rings. The van der Waals surface area contributed by atoms with E-state index in [1.54, 1.807) is 25.1 Å². The molecule has 0 bridgehead atoms. The number of hydrogen-bond acceptors (Lipinski definition) is 8. The summed E-state index contributed by atoms with van der Waals surface area (Å²) in [6.45, 7) is 1.87. The lowest BCUT2D eigenvalue weighted by atomic mass is 9.99. The van der Waals surface area contributed by atoms with Gasteiger partial charge in [0.25, 0.3) is 11.1 Å². The molecule has 7 nitrogen and oxygen atoms in total. The van der Waals surface area contributed by atoms with Gasteiger partial charge >= 0.3 is 0 Å². The topological polar surface area (TPSA) is 86.2 Å². The molecule has 156 valence electrons. The number of amides is 1. The van der Waals surface area contributed by atoms with Gasteiger partial charge in [0.2, 0.25) is 5.13 Å². The number of nitrogens with zero attached hydrogens (tertiary/aromatic N) is 3. The van der Waals surface area contributed by atoms with Crippen LogP contribution >= 0.6 is 34.7 Å². The van der Waals surface area contributed by atoms with Gasteiger partial charge in [-0.15, -0.1) is 16.9 Å². The number of methoxy groups -OCH3 is 2. The third kappa shape index (κ3) is 4.53. The number of hydrogen-bond donors (Lipinski definition) is 1. The van der Waals surface area contributed by atoms with E-state index in [1.807, 2.05) is 25.1 Å². The van der Waals surface area contributed by atoms with Crippen molar-refractivity contribution in [2.45, 2.75) is 29.9 Å². The molecule has 1 aliphatic rings. The second-order valence-corrected chi connectivity index (χ2v) is 9.39. The maximum absolute atomic E-state index is 13.0. The van der Waals surface area contributed by atoms with Gasteiger partial charge in [-0.25, -0.2) is 0 Å². The predicted octanol–water partition coefficient (Wildman–Crippen LogP) is 5.09. The first-order valence-electron chi connectivity index (χ1n) is 9.18. The number of halogens is 1. The third-order valence-corrected chi connectivity index (χ3v) is 7.07. The number of carbonyl (C=O) groups is 1. The first-order chi connectivity index (χ1) is 14.5. The Kier molecular flexibility index (Phi) is 6.12. The lowest BCUT2D eigenvalue weighted by molar-refractivity contribution is 0.102. The zero-order valence-corrected chi connectivity index (χ0v) is 19.0. The van der Waals surface area contributed by atoms with Crippen LogP contribution in [-0.4, -0.2) is 40.6 Å². The Balaban J connectivity index is 1.72. The number of aromatic nitrogens is 3. The van der Waals surface area contributed by atoms with Crippen LogP contribution < -0.4 is 14.8 Å². The molecule has 0 unspecified atom stereocenters. The lowest BCUT2D eigenvalue weighted by Gasteiger charge is -2.15. The minimum Gasteiger partial charge on any atom is -0.496 e. The summed E-state index contributed by atoms with van der Waals surface area (Å²) in [6, 6.07) is 5.63. The number of anilines is 1. The van der Waals surface area contributed by atoms with Gasteiger partial charge in [-0.3, -0.25) is 15.1 Å². The molecule has 2 aromatic heterocycles. The number of nitrogens with one attached hydrogen (secondary N) is 1. The van der Waals surface area contributed by atoms with Crippen molar-refractivity contribution in [1.82, 2.24) is 15.2 Å². The molecule has 3 aromatic rings. The summed E-state index contributed by atoms with van der Waals surface area (Å²) in [4.78, 5) is 18.3. The van der Waals surface area contributed by atoms with E-state index in [9.17, 15) is 4.79 Å². The molecule has 30 heavy (non-hydrogen) atoms. The van der Waals surface area contributed by atoms with E-state index in [0.29, 0.717) is 37.5 Å². The maximum Gasteiger partial charge on any atom is 0.295 e. The van der Waals surface area contributed by atoms with Crippen LogP contribution in [0.3, 0.4) is 0 Å². The molecule has 1 N–H and O–H groups in total. The van der Waals surface area contributed by atoms with Crippen LogP contribution in [0.1, 0.15) is 28.9 Å². The molecule has 0 aliphatic heterocycles. The van der Waals surface area contributed by atoms with Gasteiger partial charge in [-0.05, 0) is 49.3 Å². The van der Waals surface area contributed by atoms with E-state index in [-0.39, 0.29) is 5.91 Å². The van der Waals surface area contributed by atoms with Gasteiger partial charge in [0.1, 0.15) is 5.75 Å². The highest BCUT2D eigenvalue weighted by molar-refractivity contribution is 8.00. The molecule has 0 spiro atoms. The molecule has 0 radical (unpaired) electrons. The number of thioether (sulfide) groups is 1. The quantitative estimate of drug-likeness (QED) is 0.523. The van der Waals surface area contributed by atoms with Crippen molar-refractivity contribution in [3.63, 3.8) is 0 Å². The highest BCUT2D eigenvalue weighted by Crippen LogP contribution is 2.46. The van der Waals surface area contributed by atoms with Crippen LogP contribution in [0.25, 0.3) is 11.1 Å². The Morgan fingerprint density at radius 1 is 1.20 bits per heavy atom. The highest BCUT2D eigenvalue weighted by Gasteiger charge is 2.25. The normalized spacial score (nSPS) is 13.2. The van der Waals surface area contributed by atoms with Crippen molar-refractivity contribution >= 4 is 45.7 Å². The molecule has 1 aliphatic carbocycles. The summed E-state index contributed by atoms with van der Waals surface area (Å²) in [5.41, 5.74) is 2.56. The third-order valence-electron chi connectivity index (χ3n) is 4.45. The molecule has 10 heteroatoms. The van der Waals surface area contributed by atoms with Crippen molar-refractivity contribution in [3.05, 3.63) is 40.7 Å². The van der Waals surface area contributed by atoms with E-state index in [4.69, 9.17) is 21.1 Å². The van der Waals surface area contributed by atoms with Crippen LogP contribution in [0.4, 0.5) is 5.13 Å². The van der Waals surface area contributed by atoms with Crippen LogP contribution in [0, 0.1) is 6.92 Å². The number of ether oxygens (including phenoxy) is 2. The van der Waals surface area contributed by atoms with Crippen LogP contribution in [0.2, 0.25) is 5.02 Å². The van der Waals surface area contributed by atoms with Crippen molar-refractivity contribution in [2.24, 2.45) is 0 Å². The molecule has 1 amide bonds. The molecule has 4 rings (SSSR count). The molecular weight excluding hydrogens is 444 g/mol. The Morgan fingerprint density at radius 2 is 2.00 bits per heavy atom. The van der Waals surface area contributed by atoms with Gasteiger partial charge in [-0.2, -0.15) is 0 Å². The van der Waals surface area contributed by atoms with E-state index >= 15 is 0 Å². The summed E-state index contributed by atoms with van der Waals surface area (Å²) in [7, 11) is 3.11.